The van der Waals surface area contributed by atoms with E-state index in [0.717, 1.165) is 12.2 Å². The van der Waals surface area contributed by atoms with Crippen molar-refractivity contribution in [3.8, 4) is 5.75 Å². The number of nitro benzene ring substituents is 1. The summed E-state index contributed by atoms with van der Waals surface area (Å²) >= 11 is 0. The Labute approximate surface area is 81.0 Å². The SMILES string of the molecule is CN1CCOc2cc([N+](=O)[O-])ccc21. The van der Waals surface area contributed by atoms with Crippen LogP contribution < -0.4 is 9.64 Å². The molecular formula is C9H10N2O3. The van der Waals surface area contributed by atoms with Crippen LogP contribution in [0.5, 0.6) is 5.75 Å². The zero-order valence-corrected chi connectivity index (χ0v) is 7.77. The van der Waals surface area contributed by atoms with Crippen molar-refractivity contribution < 1.29 is 9.66 Å². The quantitative estimate of drug-likeness (QED) is 0.501. The number of fused-ring (bicyclic) bond motifs is 1. The van der Waals surface area contributed by atoms with Gasteiger partial charge in [0.05, 0.1) is 23.2 Å². The van der Waals surface area contributed by atoms with Crippen LogP contribution in [0.3, 0.4) is 0 Å². The van der Waals surface area contributed by atoms with Crippen molar-refractivity contribution in [2.75, 3.05) is 25.1 Å². The maximum absolute atomic E-state index is 10.5. The van der Waals surface area contributed by atoms with Crippen LogP contribution in [0.2, 0.25) is 0 Å². The number of non-ortho nitro benzene ring substituents is 1. The average molecular weight is 194 g/mol. The van der Waals surface area contributed by atoms with Gasteiger partial charge in [0.1, 0.15) is 12.4 Å². The molecule has 5 nitrogen and oxygen atoms in total. The van der Waals surface area contributed by atoms with Gasteiger partial charge in [0.2, 0.25) is 0 Å². The van der Waals surface area contributed by atoms with Gasteiger partial charge in [0.25, 0.3) is 5.69 Å². The summed E-state index contributed by atoms with van der Waals surface area (Å²) in [5.41, 5.74) is 0.973. The molecule has 5 heteroatoms. The molecule has 0 unspecified atom stereocenters. The van der Waals surface area contributed by atoms with Gasteiger partial charge in [-0.3, -0.25) is 10.1 Å². The molecule has 0 saturated carbocycles. The summed E-state index contributed by atoms with van der Waals surface area (Å²) in [7, 11) is 1.94. The maximum Gasteiger partial charge on any atom is 0.273 e. The number of nitrogens with zero attached hydrogens (tertiary/aromatic N) is 2. The molecule has 1 aliphatic rings. The van der Waals surface area contributed by atoms with E-state index in [9.17, 15) is 10.1 Å². The summed E-state index contributed by atoms with van der Waals surface area (Å²) < 4.78 is 5.34. The first-order valence-electron chi connectivity index (χ1n) is 4.31. The van der Waals surface area contributed by atoms with Crippen molar-refractivity contribution in [1.82, 2.24) is 0 Å². The van der Waals surface area contributed by atoms with E-state index >= 15 is 0 Å². The Morgan fingerprint density at radius 2 is 2.36 bits per heavy atom. The fraction of sp³-hybridized carbons (Fsp3) is 0.333. The molecule has 1 aromatic carbocycles. The van der Waals surface area contributed by atoms with Gasteiger partial charge in [-0.15, -0.1) is 0 Å². The molecule has 1 heterocycles. The van der Waals surface area contributed by atoms with Crippen molar-refractivity contribution in [2.24, 2.45) is 0 Å². The van der Waals surface area contributed by atoms with E-state index in [4.69, 9.17) is 4.74 Å². The maximum atomic E-state index is 10.5. The van der Waals surface area contributed by atoms with Gasteiger partial charge in [-0.25, -0.2) is 0 Å². The Balaban J connectivity index is 2.44. The van der Waals surface area contributed by atoms with Crippen LogP contribution >= 0.6 is 0 Å². The van der Waals surface area contributed by atoms with E-state index in [1.807, 2.05) is 11.9 Å². The van der Waals surface area contributed by atoms with Crippen molar-refractivity contribution >= 4 is 11.4 Å². The molecule has 0 aliphatic carbocycles. The molecule has 2 rings (SSSR count). The first-order chi connectivity index (χ1) is 6.68. The van der Waals surface area contributed by atoms with Gasteiger partial charge in [-0.2, -0.15) is 0 Å². The van der Waals surface area contributed by atoms with E-state index in [2.05, 4.69) is 0 Å². The van der Waals surface area contributed by atoms with E-state index in [1.165, 1.54) is 12.1 Å². The fourth-order valence-electron chi connectivity index (χ4n) is 1.46. The molecular weight excluding hydrogens is 184 g/mol. The molecule has 0 bridgehead atoms. The third-order valence-corrected chi connectivity index (χ3v) is 2.25. The Morgan fingerprint density at radius 1 is 1.57 bits per heavy atom. The molecule has 74 valence electrons. The summed E-state index contributed by atoms with van der Waals surface area (Å²) in [5.74, 6) is 0.591. The minimum absolute atomic E-state index is 0.0686. The molecule has 0 spiro atoms. The Hall–Kier alpha value is -1.78. The summed E-state index contributed by atoms with van der Waals surface area (Å²) in [6.07, 6.45) is 0. The topological polar surface area (TPSA) is 55.6 Å². The summed E-state index contributed by atoms with van der Waals surface area (Å²) in [5, 5.41) is 10.5. The standard InChI is InChI=1S/C9H10N2O3/c1-10-4-5-14-9-6-7(11(12)13)2-3-8(9)10/h2-3,6H,4-5H2,1H3. The van der Waals surface area contributed by atoms with Gasteiger partial charge in [-0.1, -0.05) is 0 Å². The van der Waals surface area contributed by atoms with Gasteiger partial charge in [0.15, 0.2) is 0 Å². The lowest BCUT2D eigenvalue weighted by molar-refractivity contribution is -0.384. The van der Waals surface area contributed by atoms with Gasteiger partial charge in [-0.05, 0) is 6.07 Å². The smallest absolute Gasteiger partial charge is 0.273 e. The lowest BCUT2D eigenvalue weighted by Gasteiger charge is -2.27. The van der Waals surface area contributed by atoms with E-state index < -0.39 is 4.92 Å². The highest BCUT2D eigenvalue weighted by Gasteiger charge is 2.17. The van der Waals surface area contributed by atoms with Gasteiger partial charge in [0, 0.05) is 13.1 Å². The molecule has 0 saturated heterocycles. The monoisotopic (exact) mass is 194 g/mol. The largest absolute Gasteiger partial charge is 0.489 e. The highest BCUT2D eigenvalue weighted by molar-refractivity contribution is 5.63. The number of hydrogen-bond acceptors (Lipinski definition) is 4. The second-order valence-electron chi connectivity index (χ2n) is 3.18. The Kier molecular flexibility index (Phi) is 1.99. The van der Waals surface area contributed by atoms with Crippen LogP contribution in [0.4, 0.5) is 11.4 Å². The molecule has 0 fully saturated rings. The minimum atomic E-state index is -0.418. The summed E-state index contributed by atoms with van der Waals surface area (Å²) in [6.45, 7) is 1.38. The lowest BCUT2D eigenvalue weighted by Crippen LogP contribution is -2.28. The predicted octanol–water partition coefficient (Wildman–Crippen LogP) is 1.42. The minimum Gasteiger partial charge on any atom is -0.489 e. The highest BCUT2D eigenvalue weighted by atomic mass is 16.6. The lowest BCUT2D eigenvalue weighted by atomic mass is 10.2. The van der Waals surface area contributed by atoms with E-state index in [-0.39, 0.29) is 5.69 Å². The van der Waals surface area contributed by atoms with Crippen LogP contribution in [0.1, 0.15) is 0 Å². The van der Waals surface area contributed by atoms with Crippen molar-refractivity contribution in [3.05, 3.63) is 28.3 Å². The number of hydrogen-bond donors (Lipinski definition) is 0. The first-order valence-corrected chi connectivity index (χ1v) is 4.31. The number of nitro groups is 1. The second-order valence-corrected chi connectivity index (χ2v) is 3.18. The molecule has 0 aromatic heterocycles. The van der Waals surface area contributed by atoms with Crippen molar-refractivity contribution in [3.63, 3.8) is 0 Å². The predicted molar refractivity (Wildman–Crippen MR) is 51.9 cm³/mol. The van der Waals surface area contributed by atoms with Crippen LogP contribution in [-0.2, 0) is 0 Å². The second kappa shape index (κ2) is 3.17. The molecule has 0 amide bonds. The van der Waals surface area contributed by atoms with Gasteiger partial charge >= 0.3 is 0 Å². The first kappa shape index (κ1) is 8.80. The third kappa shape index (κ3) is 1.37. The molecule has 0 radical (unpaired) electrons. The van der Waals surface area contributed by atoms with Crippen LogP contribution in [0.15, 0.2) is 18.2 Å². The van der Waals surface area contributed by atoms with Crippen LogP contribution in [0, 0.1) is 10.1 Å². The average Bonchev–Trinajstić information content (AvgIpc) is 2.17. The number of likely N-dealkylation sites (N-methyl/N-ethyl adjacent to an activating group) is 1. The van der Waals surface area contributed by atoms with Crippen molar-refractivity contribution in [2.45, 2.75) is 0 Å². The molecule has 0 N–H and O–H groups in total. The zero-order valence-electron chi connectivity index (χ0n) is 7.77. The molecule has 1 aliphatic heterocycles. The van der Waals surface area contributed by atoms with Crippen LogP contribution in [-0.4, -0.2) is 25.1 Å². The Morgan fingerprint density at radius 3 is 3.07 bits per heavy atom. The summed E-state index contributed by atoms with van der Waals surface area (Å²) in [6, 6.07) is 4.67. The molecule has 14 heavy (non-hydrogen) atoms. The van der Waals surface area contributed by atoms with Crippen molar-refractivity contribution in [1.29, 1.82) is 0 Å². The molecule has 0 atom stereocenters. The third-order valence-electron chi connectivity index (χ3n) is 2.25. The molecule has 1 aromatic rings. The number of rotatable bonds is 1. The number of benzene rings is 1. The number of ether oxygens (including phenoxy) is 1. The van der Waals surface area contributed by atoms with Crippen LogP contribution in [0.25, 0.3) is 0 Å². The fourth-order valence-corrected chi connectivity index (χ4v) is 1.46. The highest BCUT2D eigenvalue weighted by Crippen LogP contribution is 2.33. The number of anilines is 1. The van der Waals surface area contributed by atoms with E-state index in [0.29, 0.717) is 12.4 Å². The van der Waals surface area contributed by atoms with E-state index in [1.54, 1.807) is 6.07 Å². The zero-order chi connectivity index (χ0) is 10.1. The summed E-state index contributed by atoms with van der Waals surface area (Å²) in [4.78, 5) is 12.1. The Bertz CT molecular complexity index is 378. The van der Waals surface area contributed by atoms with Gasteiger partial charge < -0.3 is 9.64 Å². The normalized spacial score (nSPS) is 14.5.